The Hall–Kier alpha value is -2.67. The summed E-state index contributed by atoms with van der Waals surface area (Å²) in [6.07, 6.45) is 1.65. The van der Waals surface area contributed by atoms with Gasteiger partial charge in [-0.3, -0.25) is 4.40 Å². The second kappa shape index (κ2) is 5.27. The zero-order valence-corrected chi connectivity index (χ0v) is 12.6. The Labute approximate surface area is 132 Å². The highest BCUT2D eigenvalue weighted by atomic mass is 79.9. The number of hydrogen-bond acceptors (Lipinski definition) is 3. The first-order valence-electron chi connectivity index (χ1n) is 6.22. The van der Waals surface area contributed by atoms with Crippen molar-refractivity contribution in [2.45, 2.75) is 0 Å². The summed E-state index contributed by atoms with van der Waals surface area (Å²) in [5.41, 5.74) is 1.27. The number of halogens is 1. The molecule has 2 aromatic heterocycles. The summed E-state index contributed by atoms with van der Waals surface area (Å²) in [6.45, 7) is 0. The molecular weight excluding hydrogens is 352 g/mol. The third-order valence-corrected chi connectivity index (χ3v) is 3.96. The van der Waals surface area contributed by atoms with E-state index in [9.17, 15) is 14.7 Å². The number of nitrogens with zero attached hydrogens (tertiary/aromatic N) is 2. The van der Waals surface area contributed by atoms with E-state index in [1.165, 1.54) is 10.5 Å². The van der Waals surface area contributed by atoms with Crippen LogP contribution in [0.3, 0.4) is 0 Å². The fourth-order valence-corrected chi connectivity index (χ4v) is 2.73. The lowest BCUT2D eigenvalue weighted by molar-refractivity contribution is 0.0680. The smallest absolute Gasteiger partial charge is 0.357 e. The zero-order chi connectivity index (χ0) is 15.9. The molecule has 0 saturated heterocycles. The van der Waals surface area contributed by atoms with E-state index in [1.807, 2.05) is 30.3 Å². The molecule has 0 aliphatic heterocycles. The van der Waals surface area contributed by atoms with Gasteiger partial charge in [-0.1, -0.05) is 30.3 Å². The van der Waals surface area contributed by atoms with Crippen molar-refractivity contribution in [2.24, 2.45) is 0 Å². The number of benzene rings is 1. The molecule has 6 nitrogen and oxygen atoms in total. The molecule has 0 unspecified atom stereocenters. The van der Waals surface area contributed by atoms with E-state index >= 15 is 0 Å². The van der Waals surface area contributed by atoms with Gasteiger partial charge in [-0.25, -0.2) is 14.6 Å². The van der Waals surface area contributed by atoms with E-state index in [4.69, 9.17) is 5.11 Å². The first kappa shape index (κ1) is 14.3. The quantitative estimate of drug-likeness (QED) is 0.748. The Bertz CT molecular complexity index is 903. The number of carboxylic acids is 2. The second-order valence-electron chi connectivity index (χ2n) is 4.56. The number of pyridine rings is 1. The van der Waals surface area contributed by atoms with Crippen LogP contribution in [-0.4, -0.2) is 31.5 Å². The number of carbonyl (C=O) groups is 2. The summed E-state index contributed by atoms with van der Waals surface area (Å²) >= 11 is 3.17. The second-order valence-corrected chi connectivity index (χ2v) is 5.31. The summed E-state index contributed by atoms with van der Waals surface area (Å²) < 4.78 is 1.63. The van der Waals surface area contributed by atoms with Gasteiger partial charge in [-0.2, -0.15) is 0 Å². The normalized spacial score (nSPS) is 10.8. The maximum absolute atomic E-state index is 11.5. The number of imidazole rings is 1. The predicted molar refractivity (Wildman–Crippen MR) is 82.2 cm³/mol. The minimum atomic E-state index is -1.23. The average molecular weight is 361 g/mol. The van der Waals surface area contributed by atoms with Crippen LogP contribution in [0, 0.1) is 0 Å². The highest BCUT2D eigenvalue weighted by Gasteiger charge is 2.21. The molecule has 0 aliphatic carbocycles. The third kappa shape index (κ3) is 2.25. The highest BCUT2D eigenvalue weighted by molar-refractivity contribution is 9.10. The van der Waals surface area contributed by atoms with Crippen LogP contribution in [0.15, 0.2) is 47.2 Å². The number of carboxylic acid groups (broad SMARTS) is 2. The lowest BCUT2D eigenvalue weighted by Gasteiger charge is -2.06. The number of fused-ring (bicyclic) bond motifs is 1. The molecule has 0 aliphatic rings. The fourth-order valence-electron chi connectivity index (χ4n) is 2.20. The van der Waals surface area contributed by atoms with Gasteiger partial charge in [0.25, 0.3) is 0 Å². The minimum Gasteiger partial charge on any atom is -0.478 e. The average Bonchev–Trinajstić information content (AvgIpc) is 2.84. The molecule has 1 aromatic carbocycles. The first-order valence-corrected chi connectivity index (χ1v) is 7.02. The summed E-state index contributed by atoms with van der Waals surface area (Å²) in [7, 11) is 0. The largest absolute Gasteiger partial charge is 0.478 e. The lowest BCUT2D eigenvalue weighted by Crippen LogP contribution is -2.02. The molecule has 2 N–H and O–H groups in total. The van der Waals surface area contributed by atoms with Crippen molar-refractivity contribution < 1.29 is 19.8 Å². The standard InChI is InChI=1S/C15H9BrN2O4/c16-12-11(15(21)22)17-13-10(14(19)20)6-9(7-18(12)13)8-4-2-1-3-5-8/h1-7H,(H,19,20)(H,21,22). The minimum absolute atomic E-state index is 0.0606. The van der Waals surface area contributed by atoms with E-state index in [2.05, 4.69) is 20.9 Å². The van der Waals surface area contributed by atoms with E-state index in [1.54, 1.807) is 6.20 Å². The van der Waals surface area contributed by atoms with Crippen molar-refractivity contribution >= 4 is 33.5 Å². The molecule has 22 heavy (non-hydrogen) atoms. The molecule has 3 rings (SSSR count). The maximum atomic E-state index is 11.5. The van der Waals surface area contributed by atoms with Crippen LogP contribution in [0.5, 0.6) is 0 Å². The van der Waals surface area contributed by atoms with Crippen molar-refractivity contribution in [3.63, 3.8) is 0 Å². The maximum Gasteiger partial charge on any atom is 0.357 e. The van der Waals surface area contributed by atoms with Crippen LogP contribution in [0.4, 0.5) is 0 Å². The van der Waals surface area contributed by atoms with Crippen LogP contribution >= 0.6 is 15.9 Å². The molecule has 0 radical (unpaired) electrons. The lowest BCUT2D eigenvalue weighted by atomic mass is 10.1. The highest BCUT2D eigenvalue weighted by Crippen LogP contribution is 2.27. The van der Waals surface area contributed by atoms with Gasteiger partial charge in [0.2, 0.25) is 0 Å². The molecular formula is C15H9BrN2O4. The third-order valence-electron chi connectivity index (χ3n) is 3.20. The van der Waals surface area contributed by atoms with E-state index in [0.29, 0.717) is 5.56 Å². The van der Waals surface area contributed by atoms with Crippen molar-refractivity contribution in [1.82, 2.24) is 9.38 Å². The molecule has 0 bridgehead atoms. The van der Waals surface area contributed by atoms with Crippen LogP contribution in [0.2, 0.25) is 0 Å². The van der Waals surface area contributed by atoms with Crippen molar-refractivity contribution in [3.8, 4) is 11.1 Å². The van der Waals surface area contributed by atoms with Gasteiger partial charge in [-0.05, 0) is 33.1 Å². The first-order chi connectivity index (χ1) is 10.5. The van der Waals surface area contributed by atoms with E-state index in [0.717, 1.165) is 5.56 Å². The number of aromatic nitrogens is 2. The topological polar surface area (TPSA) is 91.9 Å². The Kier molecular flexibility index (Phi) is 3.42. The molecule has 3 aromatic rings. The van der Waals surface area contributed by atoms with Crippen LogP contribution in [0.25, 0.3) is 16.8 Å². The monoisotopic (exact) mass is 360 g/mol. The van der Waals surface area contributed by atoms with Crippen LogP contribution in [0.1, 0.15) is 20.8 Å². The summed E-state index contributed by atoms with van der Waals surface area (Å²) in [5.74, 6) is -2.40. The number of hydrogen-bond donors (Lipinski definition) is 2. The van der Waals surface area contributed by atoms with Gasteiger partial charge >= 0.3 is 11.9 Å². The molecule has 110 valence electrons. The molecule has 2 heterocycles. The van der Waals surface area contributed by atoms with Gasteiger partial charge < -0.3 is 10.2 Å². The Morgan fingerprint density at radius 1 is 1.05 bits per heavy atom. The fraction of sp³-hybridized carbons (Fsp3) is 0. The van der Waals surface area contributed by atoms with Crippen LogP contribution < -0.4 is 0 Å². The molecule has 0 amide bonds. The van der Waals surface area contributed by atoms with Crippen molar-refractivity contribution in [2.75, 3.05) is 0 Å². The summed E-state index contributed by atoms with van der Waals surface area (Å²) in [5, 5.41) is 18.5. The van der Waals surface area contributed by atoms with Gasteiger partial charge in [0, 0.05) is 6.20 Å². The van der Waals surface area contributed by atoms with Crippen LogP contribution in [-0.2, 0) is 0 Å². The summed E-state index contributed by atoms with van der Waals surface area (Å²) in [6, 6.07) is 10.7. The SMILES string of the molecule is O=C(O)c1nc2c(C(=O)O)cc(-c3ccccc3)cn2c1Br. The van der Waals surface area contributed by atoms with Gasteiger partial charge in [0.05, 0.1) is 0 Å². The molecule has 0 spiro atoms. The Morgan fingerprint density at radius 2 is 1.73 bits per heavy atom. The van der Waals surface area contributed by atoms with Gasteiger partial charge in [-0.15, -0.1) is 0 Å². The zero-order valence-electron chi connectivity index (χ0n) is 11.0. The number of aromatic carboxylic acids is 2. The Balaban J connectivity index is 2.36. The molecule has 7 heteroatoms. The van der Waals surface area contributed by atoms with E-state index < -0.39 is 11.9 Å². The Morgan fingerprint density at radius 3 is 2.32 bits per heavy atom. The van der Waals surface area contributed by atoms with Crippen molar-refractivity contribution in [3.05, 3.63) is 58.5 Å². The van der Waals surface area contributed by atoms with Gasteiger partial charge in [0.1, 0.15) is 10.2 Å². The van der Waals surface area contributed by atoms with Crippen molar-refractivity contribution in [1.29, 1.82) is 0 Å². The summed E-state index contributed by atoms with van der Waals surface area (Å²) in [4.78, 5) is 26.6. The van der Waals surface area contributed by atoms with Gasteiger partial charge in [0.15, 0.2) is 11.3 Å². The van der Waals surface area contributed by atoms with E-state index in [-0.39, 0.29) is 21.5 Å². The predicted octanol–water partition coefficient (Wildman–Crippen LogP) is 3.16. The molecule has 0 fully saturated rings. The number of rotatable bonds is 3. The molecule has 0 atom stereocenters. The molecule has 0 saturated carbocycles.